The lowest BCUT2D eigenvalue weighted by Gasteiger charge is -2.21. The van der Waals surface area contributed by atoms with Gasteiger partial charge in [0.2, 0.25) is 0 Å². The first-order chi connectivity index (χ1) is 10.2. The number of esters is 1. The Morgan fingerprint density at radius 1 is 1.14 bits per heavy atom. The van der Waals surface area contributed by atoms with E-state index in [1.54, 1.807) is 38.1 Å². The van der Waals surface area contributed by atoms with Crippen LogP contribution in [0.5, 0.6) is 5.75 Å². The lowest BCUT2D eigenvalue weighted by molar-refractivity contribution is -0.144. The first-order valence-corrected chi connectivity index (χ1v) is 8.32. The van der Waals surface area contributed by atoms with Crippen LogP contribution in [0.4, 0.5) is 0 Å². The van der Waals surface area contributed by atoms with Crippen molar-refractivity contribution in [2.45, 2.75) is 32.1 Å². The molecule has 5 nitrogen and oxygen atoms in total. The minimum Gasteiger partial charge on any atom is -0.425 e. The molecule has 118 valence electrons. The second-order valence-electron chi connectivity index (χ2n) is 5.71. The van der Waals surface area contributed by atoms with Gasteiger partial charge in [0.15, 0.2) is 0 Å². The van der Waals surface area contributed by atoms with Crippen LogP contribution in [0.1, 0.15) is 27.2 Å². The third-order valence-corrected chi connectivity index (χ3v) is 4.67. The molecule has 0 aliphatic carbocycles. The molecule has 0 bridgehead atoms. The van der Waals surface area contributed by atoms with Crippen LogP contribution in [-0.2, 0) is 14.9 Å². The summed E-state index contributed by atoms with van der Waals surface area (Å²) in [5, 5.41) is 0.766. The standard InChI is InChI=1S/C16H18O5S/c1-4-16(2,3)15(17)21-13-9-10-14(22(18,19)20)12-8-6-5-7-11(12)13/h5-10H,4H2,1-3H3,(H,18,19,20). The van der Waals surface area contributed by atoms with Gasteiger partial charge in [0.05, 0.1) is 5.41 Å². The van der Waals surface area contributed by atoms with Gasteiger partial charge in [0.25, 0.3) is 10.1 Å². The largest absolute Gasteiger partial charge is 0.425 e. The van der Waals surface area contributed by atoms with Gasteiger partial charge >= 0.3 is 5.97 Å². The van der Waals surface area contributed by atoms with Crippen molar-refractivity contribution in [1.82, 2.24) is 0 Å². The van der Waals surface area contributed by atoms with Crippen molar-refractivity contribution in [2.75, 3.05) is 0 Å². The smallest absolute Gasteiger partial charge is 0.316 e. The Balaban J connectivity index is 2.57. The molecular formula is C16H18O5S. The van der Waals surface area contributed by atoms with E-state index in [0.29, 0.717) is 17.2 Å². The molecule has 0 heterocycles. The molecular weight excluding hydrogens is 304 g/mol. The van der Waals surface area contributed by atoms with Gasteiger partial charge in [0, 0.05) is 10.8 Å². The van der Waals surface area contributed by atoms with Crippen molar-refractivity contribution in [2.24, 2.45) is 5.41 Å². The number of rotatable bonds is 4. The van der Waals surface area contributed by atoms with Crippen LogP contribution in [0.25, 0.3) is 10.8 Å². The number of carbonyl (C=O) groups is 1. The van der Waals surface area contributed by atoms with Gasteiger partial charge in [-0.3, -0.25) is 9.35 Å². The average molecular weight is 322 g/mol. The summed E-state index contributed by atoms with van der Waals surface area (Å²) in [6.07, 6.45) is 0.618. The molecule has 1 N–H and O–H groups in total. The van der Waals surface area contributed by atoms with Crippen molar-refractivity contribution in [3.63, 3.8) is 0 Å². The summed E-state index contributed by atoms with van der Waals surface area (Å²) in [7, 11) is -4.35. The first kappa shape index (κ1) is 16.5. The molecule has 0 aliphatic rings. The molecule has 0 aromatic heterocycles. The van der Waals surface area contributed by atoms with E-state index in [1.807, 2.05) is 6.92 Å². The van der Waals surface area contributed by atoms with Gasteiger partial charge in [-0.05, 0) is 32.4 Å². The highest BCUT2D eigenvalue weighted by Gasteiger charge is 2.28. The highest BCUT2D eigenvalue weighted by atomic mass is 32.2. The van der Waals surface area contributed by atoms with E-state index >= 15 is 0 Å². The number of carbonyl (C=O) groups excluding carboxylic acids is 1. The maximum atomic E-state index is 12.2. The maximum absolute atomic E-state index is 12.2. The summed E-state index contributed by atoms with van der Waals surface area (Å²) >= 11 is 0. The Bertz CT molecular complexity index is 822. The summed E-state index contributed by atoms with van der Waals surface area (Å²) in [6, 6.07) is 9.18. The quantitative estimate of drug-likeness (QED) is 0.530. The van der Waals surface area contributed by atoms with Crippen molar-refractivity contribution < 1.29 is 22.5 Å². The summed E-state index contributed by atoms with van der Waals surface area (Å²) in [5.41, 5.74) is -0.636. The van der Waals surface area contributed by atoms with Crippen LogP contribution in [0.2, 0.25) is 0 Å². The monoisotopic (exact) mass is 322 g/mol. The fourth-order valence-electron chi connectivity index (χ4n) is 1.94. The molecule has 0 fully saturated rings. The molecule has 0 radical (unpaired) electrons. The van der Waals surface area contributed by atoms with E-state index in [9.17, 15) is 17.8 Å². The van der Waals surface area contributed by atoms with Gasteiger partial charge in [-0.15, -0.1) is 0 Å². The molecule has 0 unspecified atom stereocenters. The number of hydrogen-bond donors (Lipinski definition) is 1. The highest BCUT2D eigenvalue weighted by Crippen LogP contribution is 2.32. The van der Waals surface area contributed by atoms with Crippen molar-refractivity contribution in [1.29, 1.82) is 0 Å². The highest BCUT2D eigenvalue weighted by molar-refractivity contribution is 7.86. The maximum Gasteiger partial charge on any atom is 0.316 e. The number of benzene rings is 2. The van der Waals surface area contributed by atoms with E-state index in [4.69, 9.17) is 4.74 Å². The third kappa shape index (κ3) is 3.13. The number of fused-ring (bicyclic) bond motifs is 1. The summed E-state index contributed by atoms with van der Waals surface area (Å²) < 4.78 is 37.6. The molecule has 0 spiro atoms. The molecule has 2 rings (SSSR count). The zero-order valence-electron chi connectivity index (χ0n) is 12.7. The van der Waals surface area contributed by atoms with Gasteiger partial charge in [-0.1, -0.05) is 31.2 Å². The second kappa shape index (κ2) is 5.70. The van der Waals surface area contributed by atoms with E-state index < -0.39 is 15.5 Å². The minimum atomic E-state index is -4.35. The molecule has 0 saturated carbocycles. The summed E-state index contributed by atoms with van der Waals surface area (Å²) in [4.78, 5) is 12.0. The van der Waals surface area contributed by atoms with E-state index in [-0.39, 0.29) is 16.6 Å². The van der Waals surface area contributed by atoms with Gasteiger partial charge in [-0.25, -0.2) is 0 Å². The SMILES string of the molecule is CCC(C)(C)C(=O)Oc1ccc(S(=O)(=O)O)c2ccccc12. The number of hydrogen-bond acceptors (Lipinski definition) is 4. The molecule has 22 heavy (non-hydrogen) atoms. The Kier molecular flexibility index (Phi) is 4.26. The van der Waals surface area contributed by atoms with Crippen LogP contribution in [0.3, 0.4) is 0 Å². The fourth-order valence-corrected chi connectivity index (χ4v) is 2.64. The van der Waals surface area contributed by atoms with E-state index in [2.05, 4.69) is 0 Å². The summed E-state index contributed by atoms with van der Waals surface area (Å²) in [6.45, 7) is 5.45. The van der Waals surface area contributed by atoms with E-state index in [0.717, 1.165) is 0 Å². The van der Waals surface area contributed by atoms with Crippen molar-refractivity contribution >= 4 is 26.9 Å². The van der Waals surface area contributed by atoms with Gasteiger partial charge in [0.1, 0.15) is 10.6 Å². The molecule has 2 aromatic carbocycles. The van der Waals surface area contributed by atoms with Crippen LogP contribution < -0.4 is 4.74 Å². The Labute approximate surface area is 129 Å². The fraction of sp³-hybridized carbons (Fsp3) is 0.312. The second-order valence-corrected chi connectivity index (χ2v) is 7.10. The topological polar surface area (TPSA) is 80.7 Å². The first-order valence-electron chi connectivity index (χ1n) is 6.88. The lowest BCUT2D eigenvalue weighted by Crippen LogP contribution is -2.28. The van der Waals surface area contributed by atoms with E-state index in [1.165, 1.54) is 12.1 Å². The Morgan fingerprint density at radius 2 is 1.73 bits per heavy atom. The van der Waals surface area contributed by atoms with Crippen LogP contribution in [-0.4, -0.2) is 18.9 Å². The van der Waals surface area contributed by atoms with Crippen LogP contribution in [0, 0.1) is 5.41 Å². The normalized spacial score (nSPS) is 12.4. The average Bonchev–Trinajstić information content (AvgIpc) is 2.46. The zero-order chi connectivity index (χ0) is 16.5. The molecule has 0 aliphatic heterocycles. The third-order valence-electron chi connectivity index (χ3n) is 3.76. The lowest BCUT2D eigenvalue weighted by atomic mass is 9.91. The van der Waals surface area contributed by atoms with Crippen molar-refractivity contribution in [3.8, 4) is 5.75 Å². The van der Waals surface area contributed by atoms with Gasteiger partial charge < -0.3 is 4.74 Å². The van der Waals surface area contributed by atoms with Crippen LogP contribution >= 0.6 is 0 Å². The Morgan fingerprint density at radius 3 is 2.27 bits per heavy atom. The van der Waals surface area contributed by atoms with Crippen LogP contribution in [0.15, 0.2) is 41.3 Å². The molecule has 6 heteroatoms. The predicted molar refractivity (Wildman–Crippen MR) is 83.5 cm³/mol. The summed E-state index contributed by atoms with van der Waals surface area (Å²) in [5.74, 6) is -0.116. The zero-order valence-corrected chi connectivity index (χ0v) is 13.5. The van der Waals surface area contributed by atoms with Crippen molar-refractivity contribution in [3.05, 3.63) is 36.4 Å². The molecule has 0 amide bonds. The number of ether oxygens (including phenoxy) is 1. The molecule has 0 saturated heterocycles. The molecule has 0 atom stereocenters. The van der Waals surface area contributed by atoms with Gasteiger partial charge in [-0.2, -0.15) is 8.42 Å². The Hall–Kier alpha value is -1.92. The predicted octanol–water partition coefficient (Wildman–Crippen LogP) is 3.43. The molecule has 2 aromatic rings. The minimum absolute atomic E-state index is 0.211.